The molecule has 1 aliphatic rings. The van der Waals surface area contributed by atoms with Gasteiger partial charge in [0.15, 0.2) is 5.96 Å². The maximum absolute atomic E-state index is 6.07. The van der Waals surface area contributed by atoms with Gasteiger partial charge in [0.2, 0.25) is 0 Å². The molecule has 0 spiro atoms. The van der Waals surface area contributed by atoms with Crippen molar-refractivity contribution in [1.29, 1.82) is 0 Å². The quantitative estimate of drug-likeness (QED) is 0.362. The molecule has 22 heavy (non-hydrogen) atoms. The summed E-state index contributed by atoms with van der Waals surface area (Å²) in [5.74, 6) is 0.729. The molecule has 0 saturated carbocycles. The Bertz CT molecular complexity index is 614. The fourth-order valence-corrected chi connectivity index (χ4v) is 2.99. The number of nitrogens with two attached hydrogens (primary N) is 1. The average molecular weight is 412 g/mol. The molecule has 0 atom stereocenters. The van der Waals surface area contributed by atoms with E-state index in [0.29, 0.717) is 0 Å². The predicted molar refractivity (Wildman–Crippen MR) is 104 cm³/mol. The first-order valence-electron chi connectivity index (χ1n) is 7.93. The summed E-state index contributed by atoms with van der Waals surface area (Å²) >= 11 is 0. The molecule has 0 unspecified atom stereocenters. The molecule has 1 aromatic carbocycles. The third-order valence-electron chi connectivity index (χ3n) is 4.19. The maximum Gasteiger partial charge on any atom is 0.191 e. The SMILES string of the molecule is I.NC(=NCCCn1ccc2ccccc21)N1CCCCC1. The molecule has 0 radical (unpaired) electrons. The van der Waals surface area contributed by atoms with E-state index < -0.39 is 0 Å². The smallest absolute Gasteiger partial charge is 0.191 e. The lowest BCUT2D eigenvalue weighted by atomic mass is 10.1. The van der Waals surface area contributed by atoms with E-state index in [0.717, 1.165) is 38.6 Å². The highest BCUT2D eigenvalue weighted by molar-refractivity contribution is 14.0. The second kappa shape index (κ2) is 8.41. The number of halogens is 1. The van der Waals surface area contributed by atoms with Crippen molar-refractivity contribution in [3.63, 3.8) is 0 Å². The van der Waals surface area contributed by atoms with E-state index in [9.17, 15) is 0 Å². The average Bonchev–Trinajstić information content (AvgIpc) is 2.95. The van der Waals surface area contributed by atoms with E-state index in [1.807, 2.05) is 0 Å². The molecule has 2 N–H and O–H groups in total. The number of rotatable bonds is 4. The van der Waals surface area contributed by atoms with Gasteiger partial charge in [0, 0.05) is 37.9 Å². The van der Waals surface area contributed by atoms with Gasteiger partial charge in [-0.05, 0) is 43.2 Å². The van der Waals surface area contributed by atoms with E-state index >= 15 is 0 Å². The van der Waals surface area contributed by atoms with Crippen molar-refractivity contribution in [1.82, 2.24) is 9.47 Å². The van der Waals surface area contributed by atoms with Gasteiger partial charge in [0.05, 0.1) is 0 Å². The van der Waals surface area contributed by atoms with Gasteiger partial charge in [-0.3, -0.25) is 4.99 Å². The van der Waals surface area contributed by atoms with Crippen LogP contribution in [0.15, 0.2) is 41.5 Å². The Hall–Kier alpha value is -1.24. The summed E-state index contributed by atoms with van der Waals surface area (Å²) < 4.78 is 2.29. The van der Waals surface area contributed by atoms with E-state index in [1.54, 1.807) is 0 Å². The molecule has 1 saturated heterocycles. The van der Waals surface area contributed by atoms with E-state index in [-0.39, 0.29) is 24.0 Å². The number of hydrogen-bond acceptors (Lipinski definition) is 1. The summed E-state index contributed by atoms with van der Waals surface area (Å²) in [6.07, 6.45) is 6.98. The van der Waals surface area contributed by atoms with E-state index in [1.165, 1.54) is 30.2 Å². The summed E-state index contributed by atoms with van der Waals surface area (Å²) in [7, 11) is 0. The highest BCUT2D eigenvalue weighted by atomic mass is 127. The highest BCUT2D eigenvalue weighted by Crippen LogP contribution is 2.15. The molecule has 0 amide bonds. The summed E-state index contributed by atoms with van der Waals surface area (Å²) in [6.45, 7) is 3.92. The van der Waals surface area contributed by atoms with Crippen molar-refractivity contribution < 1.29 is 0 Å². The number of fused-ring (bicyclic) bond motifs is 1. The van der Waals surface area contributed by atoms with Crippen molar-refractivity contribution >= 4 is 40.8 Å². The van der Waals surface area contributed by atoms with Crippen molar-refractivity contribution in [3.8, 4) is 0 Å². The Labute approximate surface area is 149 Å². The Morgan fingerprint density at radius 1 is 1.09 bits per heavy atom. The Morgan fingerprint density at radius 3 is 2.68 bits per heavy atom. The van der Waals surface area contributed by atoms with Crippen LogP contribution in [0.1, 0.15) is 25.7 Å². The molecule has 0 aliphatic carbocycles. The van der Waals surface area contributed by atoms with Gasteiger partial charge in [-0.1, -0.05) is 18.2 Å². The van der Waals surface area contributed by atoms with Crippen LogP contribution in [0.25, 0.3) is 10.9 Å². The van der Waals surface area contributed by atoms with Crippen LogP contribution in [0.2, 0.25) is 0 Å². The second-order valence-corrected chi connectivity index (χ2v) is 5.71. The largest absolute Gasteiger partial charge is 0.370 e. The van der Waals surface area contributed by atoms with Crippen LogP contribution in [-0.2, 0) is 6.54 Å². The molecule has 1 fully saturated rings. The van der Waals surface area contributed by atoms with E-state index in [4.69, 9.17) is 5.73 Å². The minimum Gasteiger partial charge on any atom is -0.370 e. The molecule has 120 valence electrons. The Kier molecular flexibility index (Phi) is 6.54. The van der Waals surface area contributed by atoms with Gasteiger partial charge >= 0.3 is 0 Å². The minimum absolute atomic E-state index is 0. The van der Waals surface area contributed by atoms with Crippen LogP contribution in [0.4, 0.5) is 0 Å². The number of nitrogens with zero attached hydrogens (tertiary/aromatic N) is 3. The zero-order valence-corrected chi connectivity index (χ0v) is 15.3. The van der Waals surface area contributed by atoms with Crippen LogP contribution in [0.5, 0.6) is 0 Å². The second-order valence-electron chi connectivity index (χ2n) is 5.71. The zero-order chi connectivity index (χ0) is 14.5. The number of guanidine groups is 1. The third kappa shape index (κ3) is 4.15. The first kappa shape index (κ1) is 17.1. The Morgan fingerprint density at radius 2 is 1.86 bits per heavy atom. The highest BCUT2D eigenvalue weighted by Gasteiger charge is 2.11. The first-order valence-corrected chi connectivity index (χ1v) is 7.93. The fourth-order valence-electron chi connectivity index (χ4n) is 2.99. The summed E-state index contributed by atoms with van der Waals surface area (Å²) in [5, 5.41) is 1.30. The lowest BCUT2D eigenvalue weighted by molar-refractivity contribution is 0.338. The summed E-state index contributed by atoms with van der Waals surface area (Å²) in [5.41, 5.74) is 7.36. The van der Waals surface area contributed by atoms with E-state index in [2.05, 4.69) is 51.0 Å². The number of piperidine rings is 1. The van der Waals surface area contributed by atoms with Crippen molar-refractivity contribution in [2.75, 3.05) is 19.6 Å². The van der Waals surface area contributed by atoms with Crippen LogP contribution in [0, 0.1) is 0 Å². The normalized spacial score (nSPS) is 15.8. The lowest BCUT2D eigenvalue weighted by Crippen LogP contribution is -2.40. The zero-order valence-electron chi connectivity index (χ0n) is 12.9. The van der Waals surface area contributed by atoms with Gasteiger partial charge in [-0.2, -0.15) is 0 Å². The van der Waals surface area contributed by atoms with Gasteiger partial charge in [-0.15, -0.1) is 24.0 Å². The topological polar surface area (TPSA) is 46.5 Å². The minimum atomic E-state index is 0. The molecule has 1 aliphatic heterocycles. The molecule has 1 aromatic heterocycles. The predicted octanol–water partition coefficient (Wildman–Crippen LogP) is 3.45. The summed E-state index contributed by atoms with van der Waals surface area (Å²) in [6, 6.07) is 10.7. The molecular formula is C17H25IN4. The standard InChI is InChI=1S/C17H24N4.HI/c18-17(21-11-4-1-5-12-21)19-10-6-13-20-14-9-15-7-2-3-8-16(15)20;/h2-3,7-9,14H,1,4-6,10-13H2,(H2,18,19);1H. The molecular weight excluding hydrogens is 387 g/mol. The van der Waals surface area contributed by atoms with Gasteiger partial charge < -0.3 is 15.2 Å². The van der Waals surface area contributed by atoms with Gasteiger partial charge in [0.25, 0.3) is 0 Å². The number of para-hydroxylation sites is 1. The van der Waals surface area contributed by atoms with Crippen LogP contribution >= 0.6 is 24.0 Å². The third-order valence-corrected chi connectivity index (χ3v) is 4.19. The molecule has 4 nitrogen and oxygen atoms in total. The van der Waals surface area contributed by atoms with Gasteiger partial charge in [0.1, 0.15) is 0 Å². The number of aliphatic imine (C=N–C) groups is 1. The maximum atomic E-state index is 6.07. The fraction of sp³-hybridized carbons (Fsp3) is 0.471. The van der Waals surface area contributed by atoms with Crippen molar-refractivity contribution in [2.24, 2.45) is 10.7 Å². The molecule has 0 bridgehead atoms. The monoisotopic (exact) mass is 412 g/mol. The number of benzene rings is 1. The number of aryl methyl sites for hydroxylation is 1. The van der Waals surface area contributed by atoms with Crippen molar-refractivity contribution in [3.05, 3.63) is 36.5 Å². The molecule has 3 rings (SSSR count). The number of likely N-dealkylation sites (tertiary alicyclic amines) is 1. The number of aromatic nitrogens is 1. The van der Waals surface area contributed by atoms with Crippen LogP contribution in [-0.4, -0.2) is 35.1 Å². The first-order chi connectivity index (χ1) is 10.3. The molecule has 2 heterocycles. The lowest BCUT2D eigenvalue weighted by Gasteiger charge is -2.27. The van der Waals surface area contributed by atoms with Crippen LogP contribution < -0.4 is 5.73 Å². The number of hydrogen-bond donors (Lipinski definition) is 1. The molecule has 2 aromatic rings. The molecule has 5 heteroatoms. The summed E-state index contributed by atoms with van der Waals surface area (Å²) in [4.78, 5) is 6.75. The Balaban J connectivity index is 0.00000176. The van der Waals surface area contributed by atoms with Crippen molar-refractivity contribution in [2.45, 2.75) is 32.2 Å². The van der Waals surface area contributed by atoms with Gasteiger partial charge in [-0.25, -0.2) is 0 Å². The van der Waals surface area contributed by atoms with Crippen LogP contribution in [0.3, 0.4) is 0 Å².